The van der Waals surface area contributed by atoms with Gasteiger partial charge >= 0.3 is 0 Å². The summed E-state index contributed by atoms with van der Waals surface area (Å²) in [6, 6.07) is 7.68. The van der Waals surface area contributed by atoms with Crippen molar-refractivity contribution < 1.29 is 19.0 Å². The number of aromatic nitrogens is 3. The summed E-state index contributed by atoms with van der Waals surface area (Å²) in [5.41, 5.74) is 3.55. The first kappa shape index (κ1) is 26.6. The third-order valence-electron chi connectivity index (χ3n) is 6.61. The smallest absolute Gasteiger partial charge is 0.238 e. The van der Waals surface area contributed by atoms with E-state index in [4.69, 9.17) is 30.8 Å². The van der Waals surface area contributed by atoms with Crippen molar-refractivity contribution in [2.45, 2.75) is 24.9 Å². The maximum absolute atomic E-state index is 12.3. The van der Waals surface area contributed by atoms with E-state index in [1.54, 1.807) is 36.7 Å². The van der Waals surface area contributed by atoms with E-state index in [9.17, 15) is 4.79 Å². The van der Waals surface area contributed by atoms with Gasteiger partial charge in [-0.3, -0.25) is 4.79 Å². The van der Waals surface area contributed by atoms with E-state index in [1.807, 2.05) is 44.6 Å². The number of pyridine rings is 1. The summed E-state index contributed by atoms with van der Waals surface area (Å²) in [5, 5.41) is 5.28. The van der Waals surface area contributed by atoms with Gasteiger partial charge in [0.05, 0.1) is 29.2 Å². The van der Waals surface area contributed by atoms with Crippen molar-refractivity contribution in [1.82, 2.24) is 19.9 Å². The Kier molecular flexibility index (Phi) is 7.69. The van der Waals surface area contributed by atoms with Gasteiger partial charge in [-0.25, -0.2) is 9.97 Å². The van der Waals surface area contributed by atoms with Crippen molar-refractivity contribution >= 4 is 45.6 Å². The zero-order chi connectivity index (χ0) is 26.9. The molecule has 0 saturated heterocycles. The van der Waals surface area contributed by atoms with E-state index in [2.05, 4.69) is 15.3 Å². The number of fused-ring (bicyclic) bond motifs is 1. The van der Waals surface area contributed by atoms with Gasteiger partial charge in [-0.1, -0.05) is 17.7 Å². The zero-order valence-electron chi connectivity index (χ0n) is 21.8. The van der Waals surface area contributed by atoms with Gasteiger partial charge in [0.1, 0.15) is 28.8 Å². The molecule has 0 spiro atoms. The van der Waals surface area contributed by atoms with Crippen molar-refractivity contribution in [3.63, 3.8) is 0 Å². The number of likely N-dealkylation sites (N-methyl/N-ethyl adjacent to an activating group) is 1. The van der Waals surface area contributed by atoms with E-state index in [0.717, 1.165) is 51.4 Å². The summed E-state index contributed by atoms with van der Waals surface area (Å²) >= 11 is 8.28. The summed E-state index contributed by atoms with van der Waals surface area (Å²) < 4.78 is 16.8. The maximum Gasteiger partial charge on any atom is 0.238 e. The predicted molar refractivity (Wildman–Crippen MR) is 150 cm³/mol. The van der Waals surface area contributed by atoms with Crippen LogP contribution in [0.4, 0.5) is 5.69 Å². The van der Waals surface area contributed by atoms with Crippen LogP contribution in [0.3, 0.4) is 0 Å². The van der Waals surface area contributed by atoms with Crippen LogP contribution in [0.15, 0.2) is 36.7 Å². The molecule has 9 nitrogen and oxygen atoms in total. The van der Waals surface area contributed by atoms with Gasteiger partial charge in [0.25, 0.3) is 0 Å². The van der Waals surface area contributed by atoms with Crippen molar-refractivity contribution in [3.05, 3.63) is 46.7 Å². The monoisotopic (exact) mass is 555 g/mol. The normalized spacial score (nSPS) is 14.6. The average molecular weight is 556 g/mol. The van der Waals surface area contributed by atoms with Gasteiger partial charge in [-0.05, 0) is 51.6 Å². The second-order valence-corrected chi connectivity index (χ2v) is 11.0. The van der Waals surface area contributed by atoms with Crippen LogP contribution in [0.1, 0.15) is 24.3 Å². The minimum atomic E-state index is -0.388. The summed E-state index contributed by atoms with van der Waals surface area (Å²) in [5.74, 6) is 0.448. The fourth-order valence-corrected chi connectivity index (χ4v) is 6.08. The summed E-state index contributed by atoms with van der Waals surface area (Å²) in [7, 11) is 6.90. The summed E-state index contributed by atoms with van der Waals surface area (Å²) in [6.45, 7) is 0.513. The first-order valence-electron chi connectivity index (χ1n) is 12.2. The van der Waals surface area contributed by atoms with E-state index < -0.39 is 0 Å². The molecule has 38 heavy (non-hydrogen) atoms. The third kappa shape index (κ3) is 5.14. The van der Waals surface area contributed by atoms with Gasteiger partial charge in [-0.15, -0.1) is 11.3 Å². The van der Waals surface area contributed by atoms with Crippen LogP contribution in [-0.2, 0) is 19.9 Å². The van der Waals surface area contributed by atoms with Gasteiger partial charge < -0.3 is 29.4 Å². The highest BCUT2D eigenvalue weighted by Gasteiger charge is 2.43. The highest BCUT2D eigenvalue weighted by atomic mass is 35.5. The topological polar surface area (TPSA) is 102 Å². The highest BCUT2D eigenvalue weighted by Crippen LogP contribution is 2.48. The Morgan fingerprint density at radius 3 is 2.71 bits per heavy atom. The molecule has 3 aromatic heterocycles. The number of carbonyl (C=O) groups excluding carboxylic acids is 1. The molecule has 0 aliphatic heterocycles. The molecule has 1 saturated carbocycles. The molecule has 200 valence electrons. The lowest BCUT2D eigenvalue weighted by Crippen LogP contribution is -2.37. The largest absolute Gasteiger partial charge is 0.495 e. The number of rotatable bonds is 10. The van der Waals surface area contributed by atoms with E-state index >= 15 is 0 Å². The Hall–Kier alpha value is -3.02. The van der Waals surface area contributed by atoms with Crippen LogP contribution in [0.25, 0.3) is 32.7 Å². The number of carbonyl (C=O) groups is 1. The number of halogens is 1. The van der Waals surface area contributed by atoms with Crippen LogP contribution in [0.5, 0.6) is 5.75 Å². The Labute approximate surface area is 230 Å². The van der Waals surface area contributed by atoms with Gasteiger partial charge in [-0.2, -0.15) is 0 Å². The molecule has 1 aliphatic carbocycles. The number of hydrogen-bond acceptors (Lipinski definition) is 8. The van der Waals surface area contributed by atoms with Crippen molar-refractivity contribution in [2.75, 3.05) is 47.0 Å². The second-order valence-electron chi connectivity index (χ2n) is 9.56. The Morgan fingerprint density at radius 2 is 2.03 bits per heavy atom. The molecule has 2 N–H and O–H groups in total. The Balaban J connectivity index is 1.48. The number of ether oxygens (including phenoxy) is 3. The van der Waals surface area contributed by atoms with Gasteiger partial charge in [0.15, 0.2) is 0 Å². The number of thiazole rings is 1. The SMILES string of the molecule is COCOC1(c2ncc(-c3c(Cl)cnc4[nH]c(-c5ccc(NC(=O)CN(C)C)c(OC)c5)cc34)s2)CCC1. The van der Waals surface area contributed by atoms with Gasteiger partial charge in [0, 0.05) is 41.7 Å². The number of nitrogens with zero attached hydrogens (tertiary/aromatic N) is 3. The lowest BCUT2D eigenvalue weighted by molar-refractivity contribution is -0.171. The average Bonchev–Trinajstić information content (AvgIpc) is 3.51. The molecule has 0 bridgehead atoms. The minimum Gasteiger partial charge on any atom is -0.495 e. The number of anilines is 1. The number of methoxy groups -OCH3 is 2. The predicted octanol–water partition coefficient (Wildman–Crippen LogP) is 5.52. The molecular formula is C27H30ClN5O4S. The molecule has 1 fully saturated rings. The number of aromatic amines is 1. The second kappa shape index (κ2) is 11.0. The molecule has 1 aromatic carbocycles. The number of H-pyrrole nitrogens is 1. The molecule has 11 heteroatoms. The highest BCUT2D eigenvalue weighted by molar-refractivity contribution is 7.15. The molecule has 0 unspecified atom stereocenters. The maximum atomic E-state index is 12.3. The van der Waals surface area contributed by atoms with Crippen LogP contribution < -0.4 is 10.1 Å². The minimum absolute atomic E-state index is 0.115. The lowest BCUT2D eigenvalue weighted by Gasteiger charge is -2.39. The summed E-state index contributed by atoms with van der Waals surface area (Å²) in [6.07, 6.45) is 6.46. The molecule has 1 amide bonds. The number of nitrogens with one attached hydrogen (secondary N) is 2. The van der Waals surface area contributed by atoms with Gasteiger partial charge in [0.2, 0.25) is 5.91 Å². The van der Waals surface area contributed by atoms with Crippen LogP contribution in [-0.4, -0.2) is 67.4 Å². The van der Waals surface area contributed by atoms with Crippen LogP contribution >= 0.6 is 22.9 Å². The zero-order valence-corrected chi connectivity index (χ0v) is 23.3. The Bertz CT molecular complexity index is 1460. The fourth-order valence-electron chi connectivity index (χ4n) is 4.59. The molecule has 3 heterocycles. The molecule has 1 aliphatic rings. The Morgan fingerprint density at radius 1 is 1.21 bits per heavy atom. The molecule has 5 rings (SSSR count). The number of hydrogen-bond donors (Lipinski definition) is 2. The third-order valence-corrected chi connectivity index (χ3v) is 8.10. The standard InChI is InChI=1S/C27H30ClN5O4S/c1-33(2)14-23(34)31-19-7-6-16(10-21(19)36-4)20-11-17-24(18(28)12-29-25(17)32-20)22-13-30-26(38-22)27(8-5-9-27)37-15-35-3/h6-7,10-13H,5,8-9,14-15H2,1-4H3,(H,29,32)(H,31,34). The van der Waals surface area contributed by atoms with Crippen LogP contribution in [0, 0.1) is 0 Å². The van der Waals surface area contributed by atoms with Crippen molar-refractivity contribution in [3.8, 4) is 27.4 Å². The first-order chi connectivity index (χ1) is 18.3. The molecule has 0 radical (unpaired) electrons. The van der Waals surface area contributed by atoms with Crippen molar-refractivity contribution in [2.24, 2.45) is 0 Å². The number of benzene rings is 1. The fraction of sp³-hybridized carbons (Fsp3) is 0.370. The quantitative estimate of drug-likeness (QED) is 0.249. The summed E-state index contributed by atoms with van der Waals surface area (Å²) in [4.78, 5) is 27.7. The molecule has 4 aromatic rings. The van der Waals surface area contributed by atoms with E-state index in [1.165, 1.54) is 0 Å². The first-order valence-corrected chi connectivity index (χ1v) is 13.4. The molecular weight excluding hydrogens is 526 g/mol. The van der Waals surface area contributed by atoms with E-state index in [0.29, 0.717) is 22.1 Å². The van der Waals surface area contributed by atoms with Crippen LogP contribution in [0.2, 0.25) is 5.02 Å². The van der Waals surface area contributed by atoms with E-state index in [-0.39, 0.29) is 24.8 Å². The number of amides is 1. The van der Waals surface area contributed by atoms with Crippen molar-refractivity contribution in [1.29, 1.82) is 0 Å². The lowest BCUT2D eigenvalue weighted by atomic mass is 9.80. The molecule has 0 atom stereocenters.